The molecule has 0 atom stereocenters. The first kappa shape index (κ1) is 18.5. The second kappa shape index (κ2) is 15.2. The fourth-order valence-corrected chi connectivity index (χ4v) is 1.25. The quantitative estimate of drug-likeness (QED) is 0.479. The van der Waals surface area contributed by atoms with Gasteiger partial charge in [-0.15, -0.1) is 0 Å². The van der Waals surface area contributed by atoms with Crippen LogP contribution in [0.1, 0.15) is 65.2 Å². The Labute approximate surface area is 106 Å². The first-order chi connectivity index (χ1) is 8.06. The highest BCUT2D eigenvalue weighted by molar-refractivity contribution is 5.84. The third kappa shape index (κ3) is 21.1. The van der Waals surface area contributed by atoms with Crippen LogP contribution in [0.2, 0.25) is 0 Å². The summed E-state index contributed by atoms with van der Waals surface area (Å²) in [5.41, 5.74) is 0.176. The summed E-state index contributed by atoms with van der Waals surface area (Å²) < 4.78 is 0. The molecule has 2 N–H and O–H groups in total. The summed E-state index contributed by atoms with van der Waals surface area (Å²) in [6.07, 6.45) is 10.4. The van der Waals surface area contributed by atoms with E-state index < -0.39 is 5.97 Å². The van der Waals surface area contributed by atoms with Crippen molar-refractivity contribution in [1.29, 1.82) is 0 Å². The van der Waals surface area contributed by atoms with Gasteiger partial charge in [0.1, 0.15) is 0 Å². The molecule has 102 valence electrons. The van der Waals surface area contributed by atoms with Gasteiger partial charge < -0.3 is 10.2 Å². The molecule has 0 radical (unpaired) electrons. The fraction of sp³-hybridized carbons (Fsp3) is 0.786. The van der Waals surface area contributed by atoms with Crippen LogP contribution in [0.3, 0.4) is 0 Å². The molecule has 3 nitrogen and oxygen atoms in total. The third-order valence-corrected chi connectivity index (χ3v) is 2.38. The number of carboxylic acid groups (broad SMARTS) is 1. The van der Waals surface area contributed by atoms with Crippen molar-refractivity contribution in [2.24, 2.45) is 0 Å². The van der Waals surface area contributed by atoms with Crippen LogP contribution in [0.15, 0.2) is 12.2 Å². The fourth-order valence-electron chi connectivity index (χ4n) is 1.25. The van der Waals surface area contributed by atoms with Crippen molar-refractivity contribution in [2.45, 2.75) is 65.2 Å². The van der Waals surface area contributed by atoms with Crippen LogP contribution in [-0.2, 0) is 4.79 Å². The lowest BCUT2D eigenvalue weighted by molar-refractivity contribution is -0.132. The maximum atomic E-state index is 9.60. The summed E-state index contributed by atoms with van der Waals surface area (Å²) in [4.78, 5) is 9.60. The normalized spacial score (nSPS) is 9.35. The predicted octanol–water partition coefficient (Wildman–Crippen LogP) is 3.77. The molecule has 0 aliphatic rings. The van der Waals surface area contributed by atoms with E-state index in [2.05, 4.69) is 13.5 Å². The average molecular weight is 244 g/mol. The third-order valence-electron chi connectivity index (χ3n) is 2.38. The summed E-state index contributed by atoms with van der Waals surface area (Å²) in [6.45, 7) is 7.21. The molecule has 0 aromatic heterocycles. The lowest BCUT2D eigenvalue weighted by Gasteiger charge is -1.98. The molecular formula is C14H28O3. The maximum absolute atomic E-state index is 9.60. The van der Waals surface area contributed by atoms with Gasteiger partial charge in [-0.25, -0.2) is 4.79 Å². The number of hydrogen-bond donors (Lipinski definition) is 2. The summed E-state index contributed by atoms with van der Waals surface area (Å²) in [7, 11) is 0. The van der Waals surface area contributed by atoms with Gasteiger partial charge in [0, 0.05) is 12.2 Å². The Morgan fingerprint density at radius 1 is 1.00 bits per heavy atom. The molecule has 0 amide bonds. The van der Waals surface area contributed by atoms with Gasteiger partial charge >= 0.3 is 5.97 Å². The zero-order chi connectivity index (χ0) is 13.5. The first-order valence-corrected chi connectivity index (χ1v) is 6.55. The number of aliphatic hydroxyl groups excluding tert-OH is 1. The Bertz CT molecular complexity index is 168. The van der Waals surface area contributed by atoms with Gasteiger partial charge in [0.05, 0.1) is 0 Å². The van der Waals surface area contributed by atoms with E-state index >= 15 is 0 Å². The van der Waals surface area contributed by atoms with Gasteiger partial charge in [-0.2, -0.15) is 0 Å². The highest BCUT2D eigenvalue weighted by Gasteiger charge is 1.90. The average Bonchev–Trinajstić information content (AvgIpc) is 2.29. The van der Waals surface area contributed by atoms with E-state index in [1.165, 1.54) is 51.9 Å². The van der Waals surface area contributed by atoms with Gasteiger partial charge in [-0.3, -0.25) is 0 Å². The molecule has 0 rings (SSSR count). The first-order valence-electron chi connectivity index (χ1n) is 6.55. The van der Waals surface area contributed by atoms with Crippen molar-refractivity contribution in [3.63, 3.8) is 0 Å². The number of hydrogen-bond acceptors (Lipinski definition) is 2. The summed E-state index contributed by atoms with van der Waals surface area (Å²) in [5.74, 6) is -0.935. The van der Waals surface area contributed by atoms with E-state index in [4.69, 9.17) is 10.2 Å². The Hall–Kier alpha value is -0.830. The van der Waals surface area contributed by atoms with Crippen molar-refractivity contribution >= 4 is 5.97 Å². The summed E-state index contributed by atoms with van der Waals surface area (Å²) in [6, 6.07) is 0. The van der Waals surface area contributed by atoms with Crippen LogP contribution in [0.5, 0.6) is 0 Å². The van der Waals surface area contributed by atoms with Crippen molar-refractivity contribution in [3.05, 3.63) is 12.2 Å². The highest BCUT2D eigenvalue weighted by atomic mass is 16.4. The molecule has 3 heteroatoms. The van der Waals surface area contributed by atoms with Gasteiger partial charge in [-0.05, 0) is 13.3 Å². The second-order valence-corrected chi connectivity index (χ2v) is 4.28. The van der Waals surface area contributed by atoms with Crippen molar-refractivity contribution in [3.8, 4) is 0 Å². The van der Waals surface area contributed by atoms with Gasteiger partial charge in [-0.1, -0.05) is 58.4 Å². The van der Waals surface area contributed by atoms with Crippen LogP contribution >= 0.6 is 0 Å². The molecule has 0 spiro atoms. The van der Waals surface area contributed by atoms with E-state index in [-0.39, 0.29) is 5.57 Å². The van der Waals surface area contributed by atoms with E-state index in [0.29, 0.717) is 6.61 Å². The number of aliphatic carboxylic acids is 1. The maximum Gasteiger partial charge on any atom is 0.330 e. The van der Waals surface area contributed by atoms with Crippen LogP contribution in [0.4, 0.5) is 0 Å². The predicted molar refractivity (Wildman–Crippen MR) is 72.1 cm³/mol. The topological polar surface area (TPSA) is 57.5 Å². The van der Waals surface area contributed by atoms with Crippen molar-refractivity contribution in [2.75, 3.05) is 6.61 Å². The zero-order valence-electron chi connectivity index (χ0n) is 11.4. The van der Waals surface area contributed by atoms with Crippen molar-refractivity contribution in [1.82, 2.24) is 0 Å². The number of carbonyl (C=O) groups is 1. The van der Waals surface area contributed by atoms with Crippen LogP contribution < -0.4 is 0 Å². The Kier molecular flexibility index (Phi) is 16.5. The number of unbranched alkanes of at least 4 members (excludes halogenated alkanes) is 7. The Morgan fingerprint density at radius 3 is 1.65 bits per heavy atom. The molecule has 0 aromatic rings. The molecule has 0 heterocycles. The molecular weight excluding hydrogens is 216 g/mol. The van der Waals surface area contributed by atoms with E-state index in [9.17, 15) is 4.79 Å². The minimum atomic E-state index is -0.935. The smallest absolute Gasteiger partial charge is 0.330 e. The Morgan fingerprint density at radius 2 is 1.35 bits per heavy atom. The lowest BCUT2D eigenvalue weighted by atomic mass is 10.1. The molecule has 0 aromatic carbocycles. The van der Waals surface area contributed by atoms with Gasteiger partial charge in [0.15, 0.2) is 0 Å². The number of rotatable bonds is 9. The summed E-state index contributed by atoms with van der Waals surface area (Å²) in [5, 5.41) is 16.4. The largest absolute Gasteiger partial charge is 0.478 e. The van der Waals surface area contributed by atoms with E-state index in [1.54, 1.807) is 0 Å². The van der Waals surface area contributed by atoms with Gasteiger partial charge in [0.25, 0.3) is 0 Å². The molecule has 0 aliphatic heterocycles. The molecule has 17 heavy (non-hydrogen) atoms. The molecule has 0 saturated carbocycles. The second-order valence-electron chi connectivity index (χ2n) is 4.28. The van der Waals surface area contributed by atoms with Crippen molar-refractivity contribution < 1.29 is 15.0 Å². The van der Waals surface area contributed by atoms with Gasteiger partial charge in [0.2, 0.25) is 0 Å². The lowest BCUT2D eigenvalue weighted by Crippen LogP contribution is -1.92. The van der Waals surface area contributed by atoms with Crippen LogP contribution in [0, 0.1) is 0 Å². The van der Waals surface area contributed by atoms with Crippen LogP contribution in [-0.4, -0.2) is 22.8 Å². The molecule has 0 aliphatic carbocycles. The minimum absolute atomic E-state index is 0.176. The Balaban J connectivity index is 0. The molecule has 0 unspecified atom stereocenters. The highest BCUT2D eigenvalue weighted by Crippen LogP contribution is 2.07. The van der Waals surface area contributed by atoms with E-state index in [0.717, 1.165) is 6.42 Å². The number of aliphatic hydroxyl groups is 1. The van der Waals surface area contributed by atoms with Crippen LogP contribution in [0.25, 0.3) is 0 Å². The monoisotopic (exact) mass is 244 g/mol. The molecule has 0 fully saturated rings. The standard InChI is InChI=1S/C10H22O.C4H6O2/c1-2-3-4-5-6-7-8-9-10-11;1-3(2)4(5)6/h11H,2-10H2,1H3;1H2,2H3,(H,5,6). The number of carboxylic acids is 1. The molecule has 0 saturated heterocycles. The van der Waals surface area contributed by atoms with E-state index in [1.807, 2.05) is 0 Å². The SMILES string of the molecule is C=C(C)C(=O)O.CCCCCCCCCCO. The minimum Gasteiger partial charge on any atom is -0.478 e. The summed E-state index contributed by atoms with van der Waals surface area (Å²) >= 11 is 0. The molecule has 0 bridgehead atoms. The zero-order valence-corrected chi connectivity index (χ0v) is 11.4.